The van der Waals surface area contributed by atoms with Gasteiger partial charge < -0.3 is 0 Å². The zero-order valence-electron chi connectivity index (χ0n) is 10.3. The van der Waals surface area contributed by atoms with Gasteiger partial charge in [-0.1, -0.05) is 35.9 Å². The van der Waals surface area contributed by atoms with Crippen molar-refractivity contribution in [3.63, 3.8) is 0 Å². The maximum atomic E-state index is 6.32. The Kier molecular flexibility index (Phi) is 3.33. The predicted octanol–water partition coefficient (Wildman–Crippen LogP) is 4.79. The van der Waals surface area contributed by atoms with Crippen molar-refractivity contribution in [2.24, 2.45) is 5.92 Å². The normalized spacial score (nSPS) is 19.3. The minimum absolute atomic E-state index is 0.619. The second-order valence-electron chi connectivity index (χ2n) is 4.92. The standard InChI is InChI=1S/C16H16ClN/c17-14-8-4-7-13-9-10-18-15(16(13)14)11-12-5-2-1-3-6-12/h2,4-5,7-10,12H,1,3,6,11H2. The van der Waals surface area contributed by atoms with Crippen LogP contribution in [0.2, 0.25) is 5.02 Å². The average molecular weight is 258 g/mol. The molecule has 0 bridgehead atoms. The van der Waals surface area contributed by atoms with E-state index in [-0.39, 0.29) is 0 Å². The largest absolute Gasteiger partial charge is 0.261 e. The Morgan fingerprint density at radius 3 is 3.06 bits per heavy atom. The third-order valence-corrected chi connectivity index (χ3v) is 3.94. The van der Waals surface area contributed by atoms with Crippen LogP contribution in [0.15, 0.2) is 42.6 Å². The molecule has 0 N–H and O–H groups in total. The summed E-state index contributed by atoms with van der Waals surface area (Å²) in [6.07, 6.45) is 11.3. The fourth-order valence-electron chi connectivity index (χ4n) is 2.71. The van der Waals surface area contributed by atoms with Crippen molar-refractivity contribution in [2.75, 3.05) is 0 Å². The summed E-state index contributed by atoms with van der Waals surface area (Å²) >= 11 is 6.32. The van der Waals surface area contributed by atoms with E-state index in [1.165, 1.54) is 24.6 Å². The van der Waals surface area contributed by atoms with Crippen LogP contribution in [-0.2, 0) is 6.42 Å². The van der Waals surface area contributed by atoms with Gasteiger partial charge in [0.1, 0.15) is 0 Å². The van der Waals surface area contributed by atoms with Crippen molar-refractivity contribution in [3.8, 4) is 0 Å². The minimum Gasteiger partial charge on any atom is -0.261 e. The molecule has 0 saturated carbocycles. The lowest BCUT2D eigenvalue weighted by Gasteiger charge is -2.17. The highest BCUT2D eigenvalue weighted by Crippen LogP contribution is 2.29. The van der Waals surface area contributed by atoms with Gasteiger partial charge in [0.15, 0.2) is 0 Å². The van der Waals surface area contributed by atoms with Crippen molar-refractivity contribution in [1.29, 1.82) is 0 Å². The van der Waals surface area contributed by atoms with Gasteiger partial charge in [0.2, 0.25) is 0 Å². The second kappa shape index (κ2) is 5.11. The molecule has 1 aliphatic rings. The molecule has 1 unspecified atom stereocenters. The molecule has 0 saturated heterocycles. The molecular formula is C16H16ClN. The summed E-state index contributed by atoms with van der Waals surface area (Å²) in [5.74, 6) is 0.619. The molecule has 1 heterocycles. The third-order valence-electron chi connectivity index (χ3n) is 3.63. The molecule has 1 nitrogen and oxygen atoms in total. The van der Waals surface area contributed by atoms with E-state index in [1.807, 2.05) is 24.4 Å². The van der Waals surface area contributed by atoms with Crippen molar-refractivity contribution in [3.05, 3.63) is 53.3 Å². The van der Waals surface area contributed by atoms with Gasteiger partial charge in [0.25, 0.3) is 0 Å². The molecule has 1 atom stereocenters. The van der Waals surface area contributed by atoms with E-state index in [4.69, 9.17) is 11.6 Å². The Bertz CT molecular complexity index is 583. The van der Waals surface area contributed by atoms with E-state index in [9.17, 15) is 0 Å². The van der Waals surface area contributed by atoms with E-state index < -0.39 is 0 Å². The lowest BCUT2D eigenvalue weighted by molar-refractivity contribution is 0.535. The molecule has 0 aliphatic heterocycles. The van der Waals surface area contributed by atoms with E-state index in [2.05, 4.69) is 23.2 Å². The fourth-order valence-corrected chi connectivity index (χ4v) is 3.00. The number of aromatic nitrogens is 1. The average Bonchev–Trinajstić information content (AvgIpc) is 2.40. The van der Waals surface area contributed by atoms with E-state index >= 15 is 0 Å². The molecule has 0 spiro atoms. The van der Waals surface area contributed by atoms with Gasteiger partial charge in [0, 0.05) is 11.6 Å². The zero-order chi connectivity index (χ0) is 12.4. The minimum atomic E-state index is 0.619. The fraction of sp³-hybridized carbons (Fsp3) is 0.312. The molecule has 1 aliphatic carbocycles. The summed E-state index contributed by atoms with van der Waals surface area (Å²) in [6.45, 7) is 0. The van der Waals surface area contributed by atoms with Gasteiger partial charge in [-0.3, -0.25) is 4.98 Å². The van der Waals surface area contributed by atoms with Crippen LogP contribution in [0.3, 0.4) is 0 Å². The molecule has 2 heteroatoms. The molecule has 0 amide bonds. The first-order chi connectivity index (χ1) is 8.84. The summed E-state index contributed by atoms with van der Waals surface area (Å²) in [4.78, 5) is 4.54. The Balaban J connectivity index is 2.00. The quantitative estimate of drug-likeness (QED) is 0.705. The Morgan fingerprint density at radius 1 is 1.28 bits per heavy atom. The van der Waals surface area contributed by atoms with E-state index in [1.54, 1.807) is 0 Å². The number of halogens is 1. The third kappa shape index (κ3) is 2.28. The number of benzene rings is 1. The summed E-state index contributed by atoms with van der Waals surface area (Å²) in [6, 6.07) is 8.07. The highest BCUT2D eigenvalue weighted by molar-refractivity contribution is 6.35. The van der Waals surface area contributed by atoms with Crippen LogP contribution < -0.4 is 0 Å². The highest BCUT2D eigenvalue weighted by Gasteiger charge is 2.13. The summed E-state index contributed by atoms with van der Waals surface area (Å²) in [7, 11) is 0. The van der Waals surface area contributed by atoms with Crippen LogP contribution in [0.5, 0.6) is 0 Å². The summed E-state index contributed by atoms with van der Waals surface area (Å²) in [5.41, 5.74) is 1.13. The molecule has 2 aromatic rings. The van der Waals surface area contributed by atoms with Gasteiger partial charge >= 0.3 is 0 Å². The Morgan fingerprint density at radius 2 is 2.22 bits per heavy atom. The van der Waals surface area contributed by atoms with Crippen LogP contribution >= 0.6 is 11.6 Å². The first-order valence-electron chi connectivity index (χ1n) is 6.53. The Hall–Kier alpha value is -1.34. The molecular weight excluding hydrogens is 242 g/mol. The van der Waals surface area contributed by atoms with Gasteiger partial charge in [-0.2, -0.15) is 0 Å². The topological polar surface area (TPSA) is 12.9 Å². The summed E-state index contributed by atoms with van der Waals surface area (Å²) in [5, 5.41) is 3.13. The monoisotopic (exact) mass is 257 g/mol. The van der Waals surface area contributed by atoms with Gasteiger partial charge in [-0.25, -0.2) is 0 Å². The van der Waals surface area contributed by atoms with Crippen LogP contribution in [0.1, 0.15) is 25.0 Å². The van der Waals surface area contributed by atoms with Crippen LogP contribution in [0.25, 0.3) is 10.8 Å². The molecule has 1 aromatic carbocycles. The maximum Gasteiger partial charge on any atom is 0.0502 e. The molecule has 18 heavy (non-hydrogen) atoms. The number of fused-ring (bicyclic) bond motifs is 1. The van der Waals surface area contributed by atoms with Crippen molar-refractivity contribution < 1.29 is 0 Å². The van der Waals surface area contributed by atoms with Gasteiger partial charge in [0.05, 0.1) is 10.7 Å². The number of allylic oxidation sites excluding steroid dienone is 2. The maximum absolute atomic E-state index is 6.32. The molecule has 92 valence electrons. The van der Waals surface area contributed by atoms with Crippen molar-refractivity contribution in [2.45, 2.75) is 25.7 Å². The molecule has 3 rings (SSSR count). The number of hydrogen-bond acceptors (Lipinski definition) is 1. The lowest BCUT2D eigenvalue weighted by atomic mass is 9.90. The van der Waals surface area contributed by atoms with Crippen LogP contribution in [0, 0.1) is 5.92 Å². The van der Waals surface area contributed by atoms with Gasteiger partial charge in [-0.15, -0.1) is 0 Å². The van der Waals surface area contributed by atoms with E-state index in [0.717, 1.165) is 22.5 Å². The molecule has 1 aromatic heterocycles. The second-order valence-corrected chi connectivity index (χ2v) is 5.33. The lowest BCUT2D eigenvalue weighted by Crippen LogP contribution is -2.06. The number of rotatable bonds is 2. The molecule has 0 fully saturated rings. The van der Waals surface area contributed by atoms with Crippen LogP contribution in [0.4, 0.5) is 0 Å². The molecule has 0 radical (unpaired) electrons. The predicted molar refractivity (Wildman–Crippen MR) is 76.9 cm³/mol. The zero-order valence-corrected chi connectivity index (χ0v) is 11.0. The number of pyridine rings is 1. The first kappa shape index (κ1) is 11.7. The Labute approximate surface area is 112 Å². The smallest absolute Gasteiger partial charge is 0.0502 e. The summed E-state index contributed by atoms with van der Waals surface area (Å²) < 4.78 is 0. The van der Waals surface area contributed by atoms with Crippen LogP contribution in [-0.4, -0.2) is 4.98 Å². The van der Waals surface area contributed by atoms with E-state index in [0.29, 0.717) is 5.92 Å². The van der Waals surface area contributed by atoms with Crippen molar-refractivity contribution >= 4 is 22.4 Å². The van der Waals surface area contributed by atoms with Crippen molar-refractivity contribution in [1.82, 2.24) is 4.98 Å². The number of hydrogen-bond donors (Lipinski definition) is 0. The number of nitrogens with zero attached hydrogens (tertiary/aromatic N) is 1. The first-order valence-corrected chi connectivity index (χ1v) is 6.91. The SMILES string of the molecule is Clc1cccc2ccnc(CC3C=CCCC3)c12. The van der Waals surface area contributed by atoms with Gasteiger partial charge in [-0.05, 0) is 49.1 Å². The highest BCUT2D eigenvalue weighted by atomic mass is 35.5.